The Hall–Kier alpha value is -0.970. The van der Waals surface area contributed by atoms with Crippen LogP contribution >= 0.6 is 11.6 Å². The Morgan fingerprint density at radius 1 is 1.40 bits per heavy atom. The lowest BCUT2D eigenvalue weighted by molar-refractivity contribution is 0.281. The average molecular weight is 222 g/mol. The van der Waals surface area contributed by atoms with Gasteiger partial charge in [0, 0.05) is 6.04 Å². The third kappa shape index (κ3) is 3.27. The molecule has 0 bridgehead atoms. The second-order valence-corrected chi connectivity index (χ2v) is 4.14. The zero-order valence-electron chi connectivity index (χ0n) is 9.15. The predicted molar refractivity (Wildman–Crippen MR) is 66.0 cm³/mol. The van der Waals surface area contributed by atoms with Gasteiger partial charge in [0.25, 0.3) is 0 Å². The summed E-state index contributed by atoms with van der Waals surface area (Å²) < 4.78 is 0. The summed E-state index contributed by atoms with van der Waals surface area (Å²) in [6, 6.07) is 10.3. The largest absolute Gasteiger partial charge is 0.291 e. The van der Waals surface area contributed by atoms with E-state index in [1.165, 1.54) is 0 Å². The summed E-state index contributed by atoms with van der Waals surface area (Å²) in [7, 11) is 1.99. The highest BCUT2D eigenvalue weighted by molar-refractivity contribution is 6.21. The average Bonchev–Trinajstić information content (AvgIpc) is 2.28. The molecule has 0 saturated heterocycles. The highest BCUT2D eigenvalue weighted by atomic mass is 35.5. The molecular weight excluding hydrogens is 206 g/mol. The molecule has 15 heavy (non-hydrogen) atoms. The van der Waals surface area contributed by atoms with E-state index < -0.39 is 0 Å². The first-order valence-electron chi connectivity index (χ1n) is 4.99. The van der Waals surface area contributed by atoms with Gasteiger partial charge in [0.2, 0.25) is 0 Å². The van der Waals surface area contributed by atoms with E-state index in [1.54, 1.807) is 0 Å². The van der Waals surface area contributed by atoms with Gasteiger partial charge < -0.3 is 0 Å². The van der Waals surface area contributed by atoms with Crippen LogP contribution < -0.4 is 0 Å². The third-order valence-electron chi connectivity index (χ3n) is 2.58. The predicted octanol–water partition coefficient (Wildman–Crippen LogP) is 2.92. The Morgan fingerprint density at radius 3 is 2.53 bits per heavy atom. The van der Waals surface area contributed by atoms with E-state index in [2.05, 4.69) is 17.7 Å². The van der Waals surface area contributed by atoms with Crippen LogP contribution in [0.15, 0.2) is 30.3 Å². The van der Waals surface area contributed by atoms with Gasteiger partial charge in [0.1, 0.15) is 0 Å². The number of halogens is 1. The minimum absolute atomic E-state index is 0.0236. The molecule has 0 radical (unpaired) electrons. The summed E-state index contributed by atoms with van der Waals surface area (Å²) in [5, 5.41) is -0.0236. The van der Waals surface area contributed by atoms with Gasteiger partial charge >= 0.3 is 0 Å². The lowest BCUT2D eigenvalue weighted by atomic mass is 10.1. The number of benzene rings is 1. The molecule has 2 atom stereocenters. The van der Waals surface area contributed by atoms with Gasteiger partial charge in [0.05, 0.1) is 11.9 Å². The first-order chi connectivity index (χ1) is 7.16. The van der Waals surface area contributed by atoms with Crippen molar-refractivity contribution in [2.75, 3.05) is 13.6 Å². The molecular formula is C13H16ClN. The fraction of sp³-hybridized carbons (Fsp3) is 0.385. The van der Waals surface area contributed by atoms with Crippen molar-refractivity contribution in [1.29, 1.82) is 0 Å². The van der Waals surface area contributed by atoms with Crippen molar-refractivity contribution in [3.8, 4) is 12.3 Å². The molecule has 0 aliphatic carbocycles. The molecule has 0 fully saturated rings. The monoisotopic (exact) mass is 221 g/mol. The molecule has 1 aromatic rings. The first kappa shape index (κ1) is 12.1. The standard InChI is InChI=1S/C13H16ClN/c1-4-10-15(3)11(2)13(14)12-8-6-5-7-9-12/h1,5-9,11,13H,10H2,2-3H3/t11-,13+/m1/s1. The molecule has 0 N–H and O–H groups in total. The maximum Gasteiger partial charge on any atom is 0.0738 e. The fourth-order valence-electron chi connectivity index (χ4n) is 1.43. The van der Waals surface area contributed by atoms with E-state index in [4.69, 9.17) is 18.0 Å². The summed E-state index contributed by atoms with van der Waals surface area (Å²) in [5.41, 5.74) is 1.13. The Morgan fingerprint density at radius 2 is 2.00 bits per heavy atom. The highest BCUT2D eigenvalue weighted by Gasteiger charge is 2.19. The summed E-state index contributed by atoms with van der Waals surface area (Å²) in [6.07, 6.45) is 5.27. The third-order valence-corrected chi connectivity index (χ3v) is 3.19. The molecule has 80 valence electrons. The Balaban J connectivity index is 2.69. The van der Waals surface area contributed by atoms with Crippen molar-refractivity contribution in [1.82, 2.24) is 4.90 Å². The molecule has 2 heteroatoms. The van der Waals surface area contributed by atoms with Crippen LogP contribution in [0.2, 0.25) is 0 Å². The molecule has 1 nitrogen and oxygen atoms in total. The zero-order valence-corrected chi connectivity index (χ0v) is 9.91. The zero-order chi connectivity index (χ0) is 11.3. The Labute approximate surface area is 97.0 Å². The minimum atomic E-state index is -0.0236. The molecule has 1 aromatic carbocycles. The maximum absolute atomic E-state index is 6.38. The van der Waals surface area contributed by atoms with Crippen LogP contribution in [0.25, 0.3) is 0 Å². The van der Waals surface area contributed by atoms with Crippen molar-refractivity contribution in [3.63, 3.8) is 0 Å². The molecule has 0 heterocycles. The minimum Gasteiger partial charge on any atom is -0.291 e. The number of hydrogen-bond acceptors (Lipinski definition) is 1. The Kier molecular flexibility index (Phi) is 4.68. The number of hydrogen-bond donors (Lipinski definition) is 0. The first-order valence-corrected chi connectivity index (χ1v) is 5.43. The van der Waals surface area contributed by atoms with Crippen molar-refractivity contribution < 1.29 is 0 Å². The van der Waals surface area contributed by atoms with Crippen molar-refractivity contribution in [2.45, 2.75) is 18.3 Å². The number of likely N-dealkylation sites (N-methyl/N-ethyl adjacent to an activating group) is 1. The molecule has 1 rings (SSSR count). The SMILES string of the molecule is C#CCN(C)[C@H](C)[C@H](Cl)c1ccccc1. The van der Waals surface area contributed by atoms with Crippen LogP contribution in [0.5, 0.6) is 0 Å². The van der Waals surface area contributed by atoms with Crippen molar-refractivity contribution in [2.24, 2.45) is 0 Å². The van der Waals surface area contributed by atoms with E-state index in [0.29, 0.717) is 6.54 Å². The van der Waals surface area contributed by atoms with E-state index in [1.807, 2.05) is 37.4 Å². The number of alkyl halides is 1. The van der Waals surface area contributed by atoms with Gasteiger partial charge in [-0.1, -0.05) is 36.3 Å². The summed E-state index contributed by atoms with van der Waals surface area (Å²) in [6.45, 7) is 2.71. The number of rotatable bonds is 4. The van der Waals surface area contributed by atoms with E-state index in [0.717, 1.165) is 5.56 Å². The molecule has 0 saturated carbocycles. The molecule has 0 aromatic heterocycles. The molecule has 0 aliphatic heterocycles. The normalized spacial score (nSPS) is 14.6. The number of terminal acetylenes is 1. The highest BCUT2D eigenvalue weighted by Crippen LogP contribution is 2.26. The van der Waals surface area contributed by atoms with Gasteiger partial charge in [-0.3, -0.25) is 4.90 Å². The van der Waals surface area contributed by atoms with Crippen LogP contribution in [0.3, 0.4) is 0 Å². The van der Waals surface area contributed by atoms with Gasteiger partial charge in [-0.25, -0.2) is 0 Å². The quantitative estimate of drug-likeness (QED) is 0.558. The molecule has 0 unspecified atom stereocenters. The lowest BCUT2D eigenvalue weighted by Gasteiger charge is -2.27. The van der Waals surface area contributed by atoms with Crippen molar-refractivity contribution >= 4 is 11.6 Å². The van der Waals surface area contributed by atoms with Crippen LogP contribution in [-0.4, -0.2) is 24.5 Å². The van der Waals surface area contributed by atoms with Crippen molar-refractivity contribution in [3.05, 3.63) is 35.9 Å². The van der Waals surface area contributed by atoms with Crippen LogP contribution in [0.4, 0.5) is 0 Å². The maximum atomic E-state index is 6.38. The van der Waals surface area contributed by atoms with E-state index in [9.17, 15) is 0 Å². The second kappa shape index (κ2) is 5.80. The summed E-state index contributed by atoms with van der Waals surface area (Å²) in [4.78, 5) is 2.07. The van der Waals surface area contributed by atoms with E-state index in [-0.39, 0.29) is 11.4 Å². The Bertz CT molecular complexity index is 328. The second-order valence-electron chi connectivity index (χ2n) is 3.67. The van der Waals surface area contributed by atoms with Gasteiger partial charge in [-0.2, -0.15) is 0 Å². The molecule has 0 aliphatic rings. The van der Waals surface area contributed by atoms with E-state index >= 15 is 0 Å². The molecule has 0 amide bonds. The fourth-order valence-corrected chi connectivity index (χ4v) is 1.76. The molecule has 0 spiro atoms. The van der Waals surface area contributed by atoms with Crippen LogP contribution in [-0.2, 0) is 0 Å². The summed E-state index contributed by atoms with van der Waals surface area (Å²) in [5.74, 6) is 2.62. The smallest absolute Gasteiger partial charge is 0.0738 e. The van der Waals surface area contributed by atoms with Gasteiger partial charge in [-0.05, 0) is 19.5 Å². The summed E-state index contributed by atoms with van der Waals surface area (Å²) >= 11 is 6.38. The van der Waals surface area contributed by atoms with Gasteiger partial charge in [-0.15, -0.1) is 18.0 Å². The topological polar surface area (TPSA) is 3.24 Å². The number of nitrogens with zero attached hydrogens (tertiary/aromatic N) is 1. The van der Waals surface area contributed by atoms with Crippen LogP contribution in [0, 0.1) is 12.3 Å². The van der Waals surface area contributed by atoms with Gasteiger partial charge in [0.15, 0.2) is 0 Å². The lowest BCUT2D eigenvalue weighted by Crippen LogP contribution is -2.32. The van der Waals surface area contributed by atoms with Crippen LogP contribution in [0.1, 0.15) is 17.9 Å².